The number of fused-ring (bicyclic) bond motifs is 1. The lowest BCUT2D eigenvalue weighted by molar-refractivity contribution is -1.06. The monoisotopic (exact) mass is 562 g/mol. The van der Waals surface area contributed by atoms with E-state index in [2.05, 4.69) is 11.9 Å². The number of ether oxygens (including phenoxy) is 1. The highest BCUT2D eigenvalue weighted by Gasteiger charge is 2.30. The van der Waals surface area contributed by atoms with Gasteiger partial charge in [-0.25, -0.2) is 13.4 Å². The van der Waals surface area contributed by atoms with E-state index in [4.69, 9.17) is 19.4 Å². The molecule has 0 radical (unpaired) electrons. The topological polar surface area (TPSA) is 132 Å². The van der Waals surface area contributed by atoms with Gasteiger partial charge in [0.05, 0.1) is 29.7 Å². The lowest BCUT2D eigenvalue weighted by Gasteiger charge is -2.31. The Bertz CT molecular complexity index is 1430. The Morgan fingerprint density at radius 3 is 2.62 bits per heavy atom. The molecular weight excluding hydrogens is 522 g/mol. The van der Waals surface area contributed by atoms with Crippen LogP contribution in [0.15, 0.2) is 34.1 Å². The fourth-order valence-corrected chi connectivity index (χ4v) is 6.58. The first kappa shape index (κ1) is 29.2. The number of quaternary nitrogens is 1. The van der Waals surface area contributed by atoms with Gasteiger partial charge in [-0.1, -0.05) is 25.9 Å². The highest BCUT2D eigenvalue weighted by molar-refractivity contribution is 7.89. The van der Waals surface area contributed by atoms with Crippen LogP contribution in [0.5, 0.6) is 5.75 Å². The van der Waals surface area contributed by atoms with E-state index in [0.717, 1.165) is 44.1 Å². The normalized spacial score (nSPS) is 15.3. The number of nitrogens with one attached hydrogen (secondary N) is 1. The Kier molecular flexibility index (Phi) is 9.78. The van der Waals surface area contributed by atoms with Gasteiger partial charge in [-0.2, -0.15) is 14.0 Å². The molecule has 0 atom stereocenters. The zero-order valence-electron chi connectivity index (χ0n) is 23.2. The smallest absolute Gasteiger partial charge is 0.275 e. The van der Waals surface area contributed by atoms with E-state index in [1.54, 1.807) is 22.8 Å². The molecule has 0 aliphatic carbocycles. The summed E-state index contributed by atoms with van der Waals surface area (Å²) in [6.07, 6.45) is 6.79. The summed E-state index contributed by atoms with van der Waals surface area (Å²) in [7, 11) is -0.386. The van der Waals surface area contributed by atoms with Gasteiger partial charge in [0, 0.05) is 26.3 Å². The van der Waals surface area contributed by atoms with E-state index < -0.39 is 10.0 Å². The van der Waals surface area contributed by atoms with E-state index in [1.165, 1.54) is 17.1 Å². The largest absolute Gasteiger partial charge is 0.493 e. The maximum absolute atomic E-state index is 13.7. The van der Waals surface area contributed by atoms with E-state index >= 15 is 0 Å². The lowest BCUT2D eigenvalue weighted by Crippen LogP contribution is -2.81. The fraction of sp³-hybridized carbons (Fsp3) is 0.556. The molecule has 1 aliphatic rings. The van der Waals surface area contributed by atoms with Gasteiger partial charge in [0.15, 0.2) is 0 Å². The molecular formula is C27H40N5O6S+. The molecule has 214 valence electrons. The Morgan fingerprint density at radius 2 is 1.92 bits per heavy atom. The van der Waals surface area contributed by atoms with Crippen molar-refractivity contribution >= 4 is 21.1 Å². The number of nitrogens with two attached hydrogens (primary N) is 1. The molecule has 0 unspecified atom stereocenters. The molecule has 3 heterocycles. The number of hydrogen-bond acceptors (Lipinski definition) is 7. The molecule has 3 N–H and O–H groups in total. The average molecular weight is 563 g/mol. The van der Waals surface area contributed by atoms with Gasteiger partial charge in [0.25, 0.3) is 5.56 Å². The maximum atomic E-state index is 13.7. The van der Waals surface area contributed by atoms with Gasteiger partial charge >= 0.3 is 0 Å². The van der Waals surface area contributed by atoms with Crippen LogP contribution in [0.3, 0.4) is 0 Å². The van der Waals surface area contributed by atoms with E-state index in [1.807, 2.05) is 20.2 Å². The zero-order chi connectivity index (χ0) is 28.0. The van der Waals surface area contributed by atoms with Crippen molar-refractivity contribution in [1.82, 2.24) is 18.8 Å². The minimum absolute atomic E-state index is 0.155. The van der Waals surface area contributed by atoms with Crippen molar-refractivity contribution in [2.24, 2.45) is 13.0 Å². The second kappa shape index (κ2) is 13.1. The first-order valence-corrected chi connectivity index (χ1v) is 15.1. The van der Waals surface area contributed by atoms with Crippen molar-refractivity contribution in [3.63, 3.8) is 0 Å². The van der Waals surface area contributed by atoms with Crippen LogP contribution in [0.2, 0.25) is 0 Å². The van der Waals surface area contributed by atoms with Crippen molar-refractivity contribution in [3.05, 3.63) is 40.3 Å². The molecule has 1 fully saturated rings. The molecule has 0 spiro atoms. The van der Waals surface area contributed by atoms with Gasteiger partial charge in [0.1, 0.15) is 23.7 Å². The molecule has 1 saturated heterocycles. The van der Waals surface area contributed by atoms with Gasteiger partial charge in [-0.3, -0.25) is 4.79 Å². The summed E-state index contributed by atoms with van der Waals surface area (Å²) in [6, 6.07) is 4.82. The van der Waals surface area contributed by atoms with Gasteiger partial charge in [-0.15, -0.1) is 0 Å². The molecule has 3 aromatic rings. The number of nitrogens with zero attached hydrogens (tertiary/aromatic N) is 3. The lowest BCUT2D eigenvalue weighted by atomic mass is 9.95. The SMILES string of the molecule is CCCOc1ccc(S(=O)(=O)N2CCC(CCO[NH2+]OC)CC2)cc1-c1nc2c(CCC)cn(C)c2c(=O)[nH]1. The third kappa shape index (κ3) is 6.52. The van der Waals surface area contributed by atoms with Crippen LogP contribution in [0, 0.1) is 5.92 Å². The Balaban J connectivity index is 1.65. The minimum atomic E-state index is -3.75. The van der Waals surface area contributed by atoms with E-state index in [9.17, 15) is 13.2 Å². The zero-order valence-corrected chi connectivity index (χ0v) is 24.1. The molecule has 4 rings (SSSR count). The Morgan fingerprint density at radius 1 is 1.15 bits per heavy atom. The molecule has 12 heteroatoms. The summed E-state index contributed by atoms with van der Waals surface area (Å²) in [4.78, 5) is 31.0. The molecule has 1 aliphatic heterocycles. The number of aromatic nitrogens is 3. The number of hydrogen-bond donors (Lipinski definition) is 2. The molecule has 0 bridgehead atoms. The summed E-state index contributed by atoms with van der Waals surface area (Å²) in [5.41, 5.74) is 3.60. The number of benzene rings is 1. The van der Waals surface area contributed by atoms with Gasteiger partial charge in [-0.05, 0) is 61.8 Å². The summed E-state index contributed by atoms with van der Waals surface area (Å²) in [6.45, 7) is 5.96. The first-order chi connectivity index (χ1) is 18.8. The van der Waals surface area contributed by atoms with Crippen molar-refractivity contribution in [2.45, 2.75) is 57.3 Å². The van der Waals surface area contributed by atoms with E-state index in [-0.39, 0.29) is 10.5 Å². The third-order valence-electron chi connectivity index (χ3n) is 7.11. The van der Waals surface area contributed by atoms with Crippen LogP contribution in [-0.4, -0.2) is 60.7 Å². The second-order valence-corrected chi connectivity index (χ2v) is 11.9. The van der Waals surface area contributed by atoms with Crippen LogP contribution in [-0.2, 0) is 33.2 Å². The number of rotatable bonds is 13. The van der Waals surface area contributed by atoms with Crippen LogP contribution in [0.4, 0.5) is 0 Å². The van der Waals surface area contributed by atoms with Crippen molar-refractivity contribution in [1.29, 1.82) is 0 Å². The number of sulfonamides is 1. The maximum Gasteiger partial charge on any atom is 0.275 e. The highest BCUT2D eigenvalue weighted by atomic mass is 32.2. The molecule has 39 heavy (non-hydrogen) atoms. The Labute approximate surface area is 229 Å². The quantitative estimate of drug-likeness (QED) is 0.242. The molecule has 2 aromatic heterocycles. The van der Waals surface area contributed by atoms with Crippen LogP contribution >= 0.6 is 0 Å². The van der Waals surface area contributed by atoms with Crippen LogP contribution in [0.1, 0.15) is 51.5 Å². The summed E-state index contributed by atoms with van der Waals surface area (Å²) >= 11 is 0. The Hall–Kier alpha value is -2.77. The van der Waals surface area contributed by atoms with Crippen molar-refractivity contribution in [3.8, 4) is 17.1 Å². The predicted octanol–water partition coefficient (Wildman–Crippen LogP) is 2.52. The third-order valence-corrected chi connectivity index (χ3v) is 9.00. The van der Waals surface area contributed by atoms with E-state index in [0.29, 0.717) is 60.4 Å². The van der Waals surface area contributed by atoms with Crippen LogP contribution in [0.25, 0.3) is 22.4 Å². The van der Waals surface area contributed by atoms with Gasteiger partial charge in [0.2, 0.25) is 10.0 Å². The minimum Gasteiger partial charge on any atom is -0.493 e. The molecule has 1 aromatic carbocycles. The number of piperidine rings is 1. The fourth-order valence-electron chi connectivity index (χ4n) is 5.09. The van der Waals surface area contributed by atoms with Crippen molar-refractivity contribution < 1.29 is 28.5 Å². The first-order valence-electron chi connectivity index (χ1n) is 13.6. The summed E-state index contributed by atoms with van der Waals surface area (Å²) in [5.74, 6) is 1.18. The molecule has 11 nitrogen and oxygen atoms in total. The average Bonchev–Trinajstić information content (AvgIpc) is 3.25. The molecule has 0 amide bonds. The molecule has 0 saturated carbocycles. The van der Waals surface area contributed by atoms with Crippen LogP contribution < -0.4 is 15.9 Å². The summed E-state index contributed by atoms with van der Waals surface area (Å²) < 4.78 is 36.6. The number of aryl methyl sites for hydroxylation is 2. The number of H-pyrrole nitrogens is 1. The van der Waals surface area contributed by atoms with Crippen molar-refractivity contribution in [2.75, 3.05) is 33.4 Å². The van der Waals surface area contributed by atoms with Gasteiger partial charge < -0.3 is 14.3 Å². The standard InChI is InChI=1S/C27H39N5O6S/c1-5-7-20-18-31(3)25-24(20)28-26(29-27(25)33)22-17-21(8-9-23(22)37-15-6-2)39(34,35)32-13-10-19(11-14-32)12-16-38-30-36-4/h8-9,17-19H,5-7,10-16,30H2,1-4H3/p+1. The number of aromatic amines is 1. The second-order valence-electron chi connectivity index (χ2n) is 9.97. The summed E-state index contributed by atoms with van der Waals surface area (Å²) in [5, 5.41) is 0. The highest BCUT2D eigenvalue weighted by Crippen LogP contribution is 2.33. The predicted molar refractivity (Wildman–Crippen MR) is 148 cm³/mol.